The van der Waals surface area contributed by atoms with E-state index in [4.69, 9.17) is 17.0 Å². The van der Waals surface area contributed by atoms with E-state index in [0.717, 1.165) is 24.8 Å². The summed E-state index contributed by atoms with van der Waals surface area (Å²) in [5.41, 5.74) is 0. The normalized spacial score (nSPS) is 16.3. The molecule has 0 heterocycles. The molecule has 0 amide bonds. The van der Waals surface area contributed by atoms with Gasteiger partial charge in [-0.3, -0.25) is 0 Å². The zero-order valence-corrected chi connectivity index (χ0v) is 11.1. The molecule has 1 aliphatic rings. The van der Waals surface area contributed by atoms with Gasteiger partial charge in [0.15, 0.2) is 5.11 Å². The minimum atomic E-state index is 0.503. The van der Waals surface area contributed by atoms with Crippen LogP contribution in [0.15, 0.2) is 0 Å². The van der Waals surface area contributed by atoms with Crippen LogP contribution >= 0.6 is 12.2 Å². The van der Waals surface area contributed by atoms with Crippen molar-refractivity contribution in [3.05, 3.63) is 0 Å². The minimum absolute atomic E-state index is 0.503. The molecule has 0 unspecified atom stereocenters. The molecule has 1 aliphatic carbocycles. The van der Waals surface area contributed by atoms with Gasteiger partial charge in [0.25, 0.3) is 0 Å². The molecule has 0 aromatic heterocycles. The van der Waals surface area contributed by atoms with Crippen LogP contribution < -0.4 is 10.6 Å². The second-order valence-corrected chi connectivity index (χ2v) is 4.72. The zero-order chi connectivity index (χ0) is 11.6. The topological polar surface area (TPSA) is 33.3 Å². The van der Waals surface area contributed by atoms with E-state index in [-0.39, 0.29) is 0 Å². The summed E-state index contributed by atoms with van der Waals surface area (Å²) in [5, 5.41) is 7.09. The number of thiocarbonyl (C=S) groups is 1. The Balaban J connectivity index is 1.87. The highest BCUT2D eigenvalue weighted by Crippen LogP contribution is 2.20. The third-order valence-corrected chi connectivity index (χ3v) is 3.15. The van der Waals surface area contributed by atoms with E-state index in [1.165, 1.54) is 38.5 Å². The van der Waals surface area contributed by atoms with Crippen LogP contribution in [-0.2, 0) is 4.74 Å². The first kappa shape index (κ1) is 13.7. The second-order valence-electron chi connectivity index (χ2n) is 4.31. The molecule has 0 aromatic carbocycles. The summed E-state index contributed by atoms with van der Waals surface area (Å²) in [4.78, 5) is 0. The average molecular weight is 244 g/mol. The van der Waals surface area contributed by atoms with Gasteiger partial charge < -0.3 is 15.4 Å². The highest BCUT2D eigenvalue weighted by atomic mass is 32.1. The summed E-state index contributed by atoms with van der Waals surface area (Å²) >= 11 is 5.14. The molecule has 94 valence electrons. The monoisotopic (exact) mass is 244 g/mol. The Morgan fingerprint density at radius 1 is 1.25 bits per heavy atom. The molecule has 2 N–H and O–H groups in total. The lowest BCUT2D eigenvalue weighted by atomic mass is 10.3. The Hall–Kier alpha value is -0.350. The van der Waals surface area contributed by atoms with E-state index < -0.39 is 0 Å². The van der Waals surface area contributed by atoms with Crippen molar-refractivity contribution in [3.63, 3.8) is 0 Å². The maximum absolute atomic E-state index is 5.73. The third kappa shape index (κ3) is 6.28. The van der Waals surface area contributed by atoms with Crippen LogP contribution in [0.2, 0.25) is 0 Å². The summed E-state index contributed by atoms with van der Waals surface area (Å²) in [6.07, 6.45) is 7.99. The van der Waals surface area contributed by atoms with Crippen molar-refractivity contribution in [2.75, 3.05) is 19.7 Å². The highest BCUT2D eigenvalue weighted by molar-refractivity contribution is 7.80. The third-order valence-electron chi connectivity index (χ3n) is 2.86. The average Bonchev–Trinajstić information content (AvgIpc) is 2.78. The molecule has 0 spiro atoms. The largest absolute Gasteiger partial charge is 0.376 e. The van der Waals surface area contributed by atoms with E-state index in [0.29, 0.717) is 6.10 Å². The highest BCUT2D eigenvalue weighted by Gasteiger charge is 2.14. The number of hydrogen-bond acceptors (Lipinski definition) is 2. The van der Waals surface area contributed by atoms with E-state index in [2.05, 4.69) is 17.6 Å². The lowest BCUT2D eigenvalue weighted by Gasteiger charge is -2.13. The number of rotatable bonds is 7. The van der Waals surface area contributed by atoms with Crippen molar-refractivity contribution in [2.45, 2.75) is 51.6 Å². The van der Waals surface area contributed by atoms with Crippen LogP contribution in [0.1, 0.15) is 45.4 Å². The van der Waals surface area contributed by atoms with Gasteiger partial charge in [0, 0.05) is 13.1 Å². The fourth-order valence-electron chi connectivity index (χ4n) is 1.89. The first-order valence-electron chi connectivity index (χ1n) is 6.46. The Labute approximate surface area is 104 Å². The van der Waals surface area contributed by atoms with Gasteiger partial charge in [0.05, 0.1) is 12.7 Å². The second kappa shape index (κ2) is 8.76. The van der Waals surface area contributed by atoms with E-state index in [1.807, 2.05) is 0 Å². The first-order chi connectivity index (χ1) is 7.83. The van der Waals surface area contributed by atoms with Gasteiger partial charge in [-0.2, -0.15) is 0 Å². The lowest BCUT2D eigenvalue weighted by molar-refractivity contribution is 0.0623. The molecule has 0 atom stereocenters. The van der Waals surface area contributed by atoms with Crippen LogP contribution in [0.4, 0.5) is 0 Å². The van der Waals surface area contributed by atoms with Crippen molar-refractivity contribution in [1.29, 1.82) is 0 Å². The number of nitrogens with one attached hydrogen (secondary N) is 2. The van der Waals surface area contributed by atoms with Gasteiger partial charge in [-0.25, -0.2) is 0 Å². The maximum Gasteiger partial charge on any atom is 0.166 e. The van der Waals surface area contributed by atoms with E-state index in [9.17, 15) is 0 Å². The number of hydrogen-bond donors (Lipinski definition) is 2. The summed E-state index contributed by atoms with van der Waals surface area (Å²) in [6.45, 7) is 4.72. The number of unbranched alkanes of at least 4 members (excludes halogenated alkanes) is 1. The predicted octanol–water partition coefficient (Wildman–Crippen LogP) is 2.21. The fraction of sp³-hybridized carbons (Fsp3) is 0.917. The molecule has 0 radical (unpaired) electrons. The Bertz CT molecular complexity index is 193. The van der Waals surface area contributed by atoms with Crippen LogP contribution in [0.3, 0.4) is 0 Å². The van der Waals surface area contributed by atoms with Crippen LogP contribution in [0, 0.1) is 0 Å². The summed E-state index contributed by atoms with van der Waals surface area (Å²) < 4.78 is 5.73. The number of ether oxygens (including phenoxy) is 1. The molecule has 3 nitrogen and oxygen atoms in total. The van der Waals surface area contributed by atoms with Gasteiger partial charge in [0.1, 0.15) is 0 Å². The van der Waals surface area contributed by atoms with Crippen molar-refractivity contribution in [1.82, 2.24) is 10.6 Å². The Morgan fingerprint density at radius 2 is 1.94 bits per heavy atom. The summed E-state index contributed by atoms with van der Waals surface area (Å²) in [5.74, 6) is 0. The van der Waals surface area contributed by atoms with E-state index >= 15 is 0 Å². The van der Waals surface area contributed by atoms with Crippen molar-refractivity contribution < 1.29 is 4.74 Å². The molecular formula is C12H24N2OS. The van der Waals surface area contributed by atoms with Crippen molar-refractivity contribution in [3.8, 4) is 0 Å². The predicted molar refractivity (Wildman–Crippen MR) is 71.7 cm³/mol. The molecule has 0 aliphatic heterocycles. The van der Waals surface area contributed by atoms with Crippen LogP contribution in [0.25, 0.3) is 0 Å². The molecule has 1 saturated carbocycles. The van der Waals surface area contributed by atoms with Gasteiger partial charge in [-0.1, -0.05) is 26.2 Å². The molecule has 0 aromatic rings. The van der Waals surface area contributed by atoms with Gasteiger partial charge in [-0.05, 0) is 31.5 Å². The SMILES string of the molecule is CCCCNC(=S)NCCOC1CCCC1. The summed E-state index contributed by atoms with van der Waals surface area (Å²) in [7, 11) is 0. The molecule has 4 heteroatoms. The van der Waals surface area contributed by atoms with Gasteiger partial charge >= 0.3 is 0 Å². The van der Waals surface area contributed by atoms with Crippen LogP contribution in [-0.4, -0.2) is 30.9 Å². The van der Waals surface area contributed by atoms with Crippen molar-refractivity contribution >= 4 is 17.3 Å². The minimum Gasteiger partial charge on any atom is -0.376 e. The molecular weight excluding hydrogens is 220 g/mol. The van der Waals surface area contributed by atoms with Gasteiger partial charge in [-0.15, -0.1) is 0 Å². The quantitative estimate of drug-likeness (QED) is 0.531. The standard InChI is InChI=1S/C12H24N2OS/c1-2-3-8-13-12(16)14-9-10-15-11-6-4-5-7-11/h11H,2-10H2,1H3,(H2,13,14,16). The summed E-state index contributed by atoms with van der Waals surface area (Å²) in [6, 6.07) is 0. The van der Waals surface area contributed by atoms with Gasteiger partial charge in [0.2, 0.25) is 0 Å². The maximum atomic E-state index is 5.73. The molecule has 1 fully saturated rings. The zero-order valence-electron chi connectivity index (χ0n) is 10.3. The first-order valence-corrected chi connectivity index (χ1v) is 6.87. The Kier molecular flexibility index (Phi) is 7.51. The molecule has 16 heavy (non-hydrogen) atoms. The molecule has 1 rings (SSSR count). The van der Waals surface area contributed by atoms with Crippen molar-refractivity contribution in [2.24, 2.45) is 0 Å². The Morgan fingerprint density at radius 3 is 2.62 bits per heavy atom. The fourth-order valence-corrected chi connectivity index (χ4v) is 2.09. The van der Waals surface area contributed by atoms with E-state index in [1.54, 1.807) is 0 Å². The smallest absolute Gasteiger partial charge is 0.166 e. The molecule has 0 saturated heterocycles. The van der Waals surface area contributed by atoms with Crippen LogP contribution in [0.5, 0.6) is 0 Å². The lowest BCUT2D eigenvalue weighted by Crippen LogP contribution is -2.37. The molecule has 0 bridgehead atoms.